The van der Waals surface area contributed by atoms with Crippen LogP contribution in [0, 0.1) is 6.92 Å². The van der Waals surface area contributed by atoms with Crippen molar-refractivity contribution >= 4 is 29.1 Å². The van der Waals surface area contributed by atoms with E-state index in [1.54, 1.807) is 35.4 Å². The molecular weight excluding hydrogens is 460 g/mol. The van der Waals surface area contributed by atoms with Crippen LogP contribution in [-0.4, -0.2) is 50.9 Å². The van der Waals surface area contributed by atoms with Crippen LogP contribution in [0.2, 0.25) is 0 Å². The molecule has 0 unspecified atom stereocenters. The first-order chi connectivity index (χ1) is 16.9. The minimum atomic E-state index is -0.343. The highest BCUT2D eigenvalue weighted by atomic mass is 32.1. The van der Waals surface area contributed by atoms with Gasteiger partial charge in [-0.2, -0.15) is 5.10 Å². The first-order valence-electron chi connectivity index (χ1n) is 11.3. The number of amides is 3. The second-order valence-electron chi connectivity index (χ2n) is 8.57. The van der Waals surface area contributed by atoms with Crippen LogP contribution in [0.5, 0.6) is 0 Å². The highest BCUT2D eigenvalue weighted by Crippen LogP contribution is 2.29. The fraction of sp³-hybridized carbons (Fsp3) is 0.185. The molecule has 0 atom stereocenters. The maximum Gasteiger partial charge on any atom is 0.261 e. The van der Waals surface area contributed by atoms with E-state index in [1.165, 1.54) is 4.90 Å². The van der Waals surface area contributed by atoms with Crippen molar-refractivity contribution in [1.82, 2.24) is 19.6 Å². The molecule has 1 aliphatic heterocycles. The molecule has 7 nitrogen and oxygen atoms in total. The van der Waals surface area contributed by atoms with E-state index in [9.17, 15) is 14.4 Å². The average Bonchev–Trinajstić information content (AvgIpc) is 3.58. The molecule has 0 saturated heterocycles. The van der Waals surface area contributed by atoms with Crippen molar-refractivity contribution in [2.24, 2.45) is 0 Å². The number of benzene rings is 2. The minimum Gasteiger partial charge on any atom is -0.341 e. The molecule has 0 fully saturated rings. The predicted molar refractivity (Wildman–Crippen MR) is 135 cm³/mol. The Morgan fingerprint density at radius 3 is 2.51 bits per heavy atom. The third-order valence-corrected chi connectivity index (χ3v) is 6.95. The number of rotatable bonds is 7. The van der Waals surface area contributed by atoms with Crippen molar-refractivity contribution in [2.45, 2.75) is 19.9 Å². The standard InChI is InChI=1S/C27H24N4O3S/c1-18-10-11-21-22(15-18)27(34)30(26(21)33)13-12-24(32)29(2)16-19-17-31(20-7-4-3-5-8-20)28-25(19)23-9-6-14-35-23/h3-11,14-15,17H,12-13,16H2,1-2H3. The van der Waals surface area contributed by atoms with E-state index in [0.29, 0.717) is 17.7 Å². The van der Waals surface area contributed by atoms with E-state index in [-0.39, 0.29) is 30.7 Å². The number of hydrogen-bond donors (Lipinski definition) is 0. The van der Waals surface area contributed by atoms with E-state index in [1.807, 2.05) is 71.7 Å². The Morgan fingerprint density at radius 2 is 1.77 bits per heavy atom. The van der Waals surface area contributed by atoms with Crippen molar-refractivity contribution in [1.29, 1.82) is 0 Å². The SMILES string of the molecule is Cc1ccc2c(c1)C(=O)N(CCC(=O)N(C)Cc1cn(-c3ccccc3)nc1-c1cccs1)C2=O. The van der Waals surface area contributed by atoms with E-state index in [4.69, 9.17) is 5.10 Å². The van der Waals surface area contributed by atoms with Gasteiger partial charge in [0.15, 0.2) is 0 Å². The maximum absolute atomic E-state index is 13.0. The molecule has 4 aromatic rings. The van der Waals surface area contributed by atoms with Crippen LogP contribution in [0.4, 0.5) is 0 Å². The normalized spacial score (nSPS) is 12.8. The van der Waals surface area contributed by atoms with Crippen LogP contribution in [0.15, 0.2) is 72.2 Å². The molecule has 0 spiro atoms. The molecular formula is C27H24N4O3S. The molecule has 0 saturated carbocycles. The monoisotopic (exact) mass is 484 g/mol. The summed E-state index contributed by atoms with van der Waals surface area (Å²) in [6, 6.07) is 19.0. The Labute approximate surface area is 207 Å². The van der Waals surface area contributed by atoms with Crippen LogP contribution in [0.1, 0.15) is 38.3 Å². The number of imide groups is 1. The summed E-state index contributed by atoms with van der Waals surface area (Å²) in [5.41, 5.74) is 4.41. The molecule has 176 valence electrons. The summed E-state index contributed by atoms with van der Waals surface area (Å²) >= 11 is 1.60. The van der Waals surface area contributed by atoms with E-state index in [0.717, 1.165) is 27.4 Å². The summed E-state index contributed by atoms with van der Waals surface area (Å²) in [5, 5.41) is 6.78. The highest BCUT2D eigenvalue weighted by Gasteiger charge is 2.35. The molecule has 35 heavy (non-hydrogen) atoms. The van der Waals surface area contributed by atoms with Gasteiger partial charge in [-0.25, -0.2) is 4.68 Å². The van der Waals surface area contributed by atoms with Crippen LogP contribution >= 0.6 is 11.3 Å². The summed E-state index contributed by atoms with van der Waals surface area (Å²) < 4.78 is 1.82. The molecule has 0 radical (unpaired) electrons. The van der Waals surface area contributed by atoms with Gasteiger partial charge in [-0.1, -0.05) is 35.9 Å². The first-order valence-corrected chi connectivity index (χ1v) is 12.2. The van der Waals surface area contributed by atoms with Crippen molar-refractivity contribution in [3.63, 3.8) is 0 Å². The Morgan fingerprint density at radius 1 is 1.00 bits per heavy atom. The van der Waals surface area contributed by atoms with Gasteiger partial charge in [-0.3, -0.25) is 19.3 Å². The lowest BCUT2D eigenvalue weighted by molar-refractivity contribution is -0.130. The van der Waals surface area contributed by atoms with Gasteiger partial charge < -0.3 is 4.90 Å². The number of para-hydroxylation sites is 1. The number of hydrogen-bond acceptors (Lipinski definition) is 5. The molecule has 0 bridgehead atoms. The second-order valence-corrected chi connectivity index (χ2v) is 9.52. The van der Waals surface area contributed by atoms with E-state index in [2.05, 4.69) is 0 Å². The Hall–Kier alpha value is -4.04. The summed E-state index contributed by atoms with van der Waals surface area (Å²) in [4.78, 5) is 42.2. The molecule has 2 aromatic heterocycles. The number of thiophene rings is 1. The predicted octanol–water partition coefficient (Wildman–Crippen LogP) is 4.55. The van der Waals surface area contributed by atoms with Gasteiger partial charge in [0.2, 0.25) is 5.91 Å². The lowest BCUT2D eigenvalue weighted by Crippen LogP contribution is -2.35. The number of carbonyl (C=O) groups excluding carboxylic acids is 3. The lowest BCUT2D eigenvalue weighted by atomic mass is 10.1. The third-order valence-electron chi connectivity index (χ3n) is 6.07. The van der Waals surface area contributed by atoms with Crippen LogP contribution < -0.4 is 0 Å². The topological polar surface area (TPSA) is 75.5 Å². The number of aryl methyl sites for hydroxylation is 1. The summed E-state index contributed by atoms with van der Waals surface area (Å²) in [5.74, 6) is -0.833. The molecule has 5 rings (SSSR count). The van der Waals surface area contributed by atoms with Crippen molar-refractivity contribution in [3.8, 4) is 16.3 Å². The van der Waals surface area contributed by atoms with E-state index < -0.39 is 0 Å². The van der Waals surface area contributed by atoms with Crippen molar-refractivity contribution < 1.29 is 14.4 Å². The highest BCUT2D eigenvalue weighted by molar-refractivity contribution is 7.13. The number of aromatic nitrogens is 2. The molecule has 0 aliphatic carbocycles. The zero-order valence-corrected chi connectivity index (χ0v) is 20.3. The average molecular weight is 485 g/mol. The van der Waals surface area contributed by atoms with Gasteiger partial charge >= 0.3 is 0 Å². The Balaban J connectivity index is 1.30. The zero-order chi connectivity index (χ0) is 24.5. The third kappa shape index (κ3) is 4.40. The summed E-state index contributed by atoms with van der Waals surface area (Å²) in [7, 11) is 1.73. The van der Waals surface area contributed by atoms with Crippen LogP contribution in [0.25, 0.3) is 16.3 Å². The van der Waals surface area contributed by atoms with Crippen LogP contribution in [-0.2, 0) is 11.3 Å². The lowest BCUT2D eigenvalue weighted by Gasteiger charge is -2.19. The second kappa shape index (κ2) is 9.31. The van der Waals surface area contributed by atoms with E-state index >= 15 is 0 Å². The van der Waals surface area contributed by atoms with Crippen molar-refractivity contribution in [3.05, 3.63) is 94.5 Å². The van der Waals surface area contributed by atoms with Gasteiger partial charge in [0.05, 0.1) is 21.7 Å². The quantitative estimate of drug-likeness (QED) is 0.361. The molecule has 8 heteroatoms. The fourth-order valence-electron chi connectivity index (χ4n) is 4.21. The zero-order valence-electron chi connectivity index (χ0n) is 19.5. The fourth-order valence-corrected chi connectivity index (χ4v) is 4.95. The Kier molecular flexibility index (Phi) is 6.05. The van der Waals surface area contributed by atoms with Crippen LogP contribution in [0.3, 0.4) is 0 Å². The molecule has 2 aromatic carbocycles. The molecule has 3 amide bonds. The maximum atomic E-state index is 13.0. The number of nitrogens with zero attached hydrogens (tertiary/aromatic N) is 4. The summed E-state index contributed by atoms with van der Waals surface area (Å²) in [6.07, 6.45) is 2.00. The summed E-state index contributed by atoms with van der Waals surface area (Å²) in [6.45, 7) is 2.29. The minimum absolute atomic E-state index is 0.0512. The van der Waals surface area contributed by atoms with Gasteiger partial charge in [0, 0.05) is 38.3 Å². The molecule has 1 aliphatic rings. The smallest absolute Gasteiger partial charge is 0.261 e. The number of carbonyl (C=O) groups is 3. The van der Waals surface area contributed by atoms with Gasteiger partial charge in [-0.05, 0) is 42.6 Å². The molecule has 3 heterocycles. The van der Waals surface area contributed by atoms with Gasteiger partial charge in [0.25, 0.3) is 11.8 Å². The molecule has 0 N–H and O–H groups in total. The van der Waals surface area contributed by atoms with Gasteiger partial charge in [-0.15, -0.1) is 11.3 Å². The van der Waals surface area contributed by atoms with Crippen molar-refractivity contribution in [2.75, 3.05) is 13.6 Å². The Bertz CT molecular complexity index is 1410. The van der Waals surface area contributed by atoms with Gasteiger partial charge in [0.1, 0.15) is 5.69 Å². The first kappa shape index (κ1) is 22.7. The largest absolute Gasteiger partial charge is 0.341 e. The number of fused-ring (bicyclic) bond motifs is 1.